The van der Waals surface area contributed by atoms with Crippen LogP contribution in [0.15, 0.2) is 47.4 Å². The maximum Gasteiger partial charge on any atom is 0.248 e. The fourth-order valence-electron chi connectivity index (χ4n) is 1.77. The van der Waals surface area contributed by atoms with Crippen LogP contribution >= 0.6 is 11.8 Å². The van der Waals surface area contributed by atoms with Crippen molar-refractivity contribution >= 4 is 29.3 Å². The van der Waals surface area contributed by atoms with E-state index >= 15 is 0 Å². The standard InChI is InChI=1S/C16H14F2N2O2S/c1-9(23-14-8-11(17)4-7-13(14)18)16(22)20-12-5-2-10(3-6-12)15(19)21/h2-9H,1H3,(H2,19,21)(H,20,22)/t9-/m0/s1. The molecule has 7 heteroatoms. The molecule has 0 saturated carbocycles. The van der Waals surface area contributed by atoms with E-state index in [1.54, 1.807) is 6.92 Å². The van der Waals surface area contributed by atoms with Gasteiger partial charge in [-0.05, 0) is 49.4 Å². The first-order valence-corrected chi connectivity index (χ1v) is 7.57. The molecule has 3 N–H and O–H groups in total. The topological polar surface area (TPSA) is 72.2 Å². The Morgan fingerprint density at radius 3 is 2.39 bits per heavy atom. The van der Waals surface area contributed by atoms with Crippen molar-refractivity contribution in [1.29, 1.82) is 0 Å². The Kier molecular flexibility index (Phi) is 5.33. The van der Waals surface area contributed by atoms with Gasteiger partial charge < -0.3 is 11.1 Å². The number of amides is 2. The van der Waals surface area contributed by atoms with Crippen molar-refractivity contribution in [2.75, 3.05) is 5.32 Å². The van der Waals surface area contributed by atoms with Crippen molar-refractivity contribution in [1.82, 2.24) is 0 Å². The van der Waals surface area contributed by atoms with Crippen LogP contribution in [0, 0.1) is 11.6 Å². The van der Waals surface area contributed by atoms with Gasteiger partial charge in [0.25, 0.3) is 0 Å². The van der Waals surface area contributed by atoms with E-state index in [0.717, 1.165) is 30.0 Å². The molecule has 4 nitrogen and oxygen atoms in total. The third-order valence-corrected chi connectivity index (χ3v) is 4.14. The van der Waals surface area contributed by atoms with Gasteiger partial charge in [-0.1, -0.05) is 0 Å². The number of rotatable bonds is 5. The molecule has 0 heterocycles. The summed E-state index contributed by atoms with van der Waals surface area (Å²) in [5.74, 6) is -2.08. The van der Waals surface area contributed by atoms with Gasteiger partial charge in [0.05, 0.1) is 5.25 Å². The third-order valence-electron chi connectivity index (χ3n) is 3.00. The van der Waals surface area contributed by atoms with E-state index in [9.17, 15) is 18.4 Å². The predicted octanol–water partition coefficient (Wildman–Crippen LogP) is 3.18. The van der Waals surface area contributed by atoms with Gasteiger partial charge in [-0.15, -0.1) is 11.8 Å². The summed E-state index contributed by atoms with van der Waals surface area (Å²) >= 11 is 0.919. The zero-order chi connectivity index (χ0) is 17.0. The number of thioether (sulfide) groups is 1. The normalized spacial score (nSPS) is 11.8. The second-order valence-corrected chi connectivity index (χ2v) is 6.15. The van der Waals surface area contributed by atoms with Crippen LogP contribution in [0.4, 0.5) is 14.5 Å². The maximum absolute atomic E-state index is 13.6. The molecule has 0 bridgehead atoms. The molecule has 0 aliphatic rings. The van der Waals surface area contributed by atoms with Gasteiger partial charge in [0.1, 0.15) is 11.6 Å². The number of carbonyl (C=O) groups is 2. The van der Waals surface area contributed by atoms with Gasteiger partial charge in [-0.2, -0.15) is 0 Å². The second-order valence-electron chi connectivity index (χ2n) is 4.77. The monoisotopic (exact) mass is 336 g/mol. The van der Waals surface area contributed by atoms with E-state index in [0.29, 0.717) is 11.3 Å². The highest BCUT2D eigenvalue weighted by Gasteiger charge is 2.17. The number of benzene rings is 2. The lowest BCUT2D eigenvalue weighted by molar-refractivity contribution is -0.115. The largest absolute Gasteiger partial charge is 0.366 e. The van der Waals surface area contributed by atoms with Crippen molar-refractivity contribution in [3.63, 3.8) is 0 Å². The van der Waals surface area contributed by atoms with Crippen molar-refractivity contribution in [2.24, 2.45) is 5.73 Å². The highest BCUT2D eigenvalue weighted by atomic mass is 32.2. The summed E-state index contributed by atoms with van der Waals surface area (Å²) < 4.78 is 26.7. The zero-order valence-electron chi connectivity index (χ0n) is 12.2. The summed E-state index contributed by atoms with van der Waals surface area (Å²) in [5.41, 5.74) is 5.93. The van der Waals surface area contributed by atoms with Crippen LogP contribution in [-0.2, 0) is 4.79 Å². The number of nitrogens with one attached hydrogen (secondary N) is 1. The fraction of sp³-hybridized carbons (Fsp3) is 0.125. The van der Waals surface area contributed by atoms with E-state index < -0.39 is 22.8 Å². The minimum Gasteiger partial charge on any atom is -0.366 e. The number of hydrogen-bond donors (Lipinski definition) is 2. The van der Waals surface area contributed by atoms with Crippen LogP contribution in [-0.4, -0.2) is 17.1 Å². The Hall–Kier alpha value is -2.41. The Balaban J connectivity index is 2.02. The maximum atomic E-state index is 13.6. The first kappa shape index (κ1) is 17.0. The Bertz CT molecular complexity index is 735. The van der Waals surface area contributed by atoms with Crippen LogP contribution in [0.5, 0.6) is 0 Å². The molecule has 0 aliphatic heterocycles. The summed E-state index contributed by atoms with van der Waals surface area (Å²) in [5, 5.41) is 2.00. The number of halogens is 2. The summed E-state index contributed by atoms with van der Waals surface area (Å²) in [4.78, 5) is 23.1. The molecule has 2 amide bonds. The number of anilines is 1. The summed E-state index contributed by atoms with van der Waals surface area (Å²) in [7, 11) is 0. The van der Waals surface area contributed by atoms with Crippen molar-refractivity contribution < 1.29 is 18.4 Å². The predicted molar refractivity (Wildman–Crippen MR) is 85.3 cm³/mol. The molecule has 2 aromatic carbocycles. The van der Waals surface area contributed by atoms with Gasteiger partial charge in [-0.25, -0.2) is 8.78 Å². The first-order chi connectivity index (χ1) is 10.9. The van der Waals surface area contributed by atoms with Gasteiger partial charge in [0.15, 0.2) is 0 Å². The van der Waals surface area contributed by atoms with Gasteiger partial charge in [-0.3, -0.25) is 9.59 Å². The van der Waals surface area contributed by atoms with Crippen LogP contribution < -0.4 is 11.1 Å². The fourth-order valence-corrected chi connectivity index (χ4v) is 2.68. The van der Waals surface area contributed by atoms with Crippen LogP contribution in [0.25, 0.3) is 0 Å². The molecule has 0 unspecified atom stereocenters. The molecule has 0 aromatic heterocycles. The quantitative estimate of drug-likeness (QED) is 0.824. The molecule has 0 aliphatic carbocycles. The average molecular weight is 336 g/mol. The van der Waals surface area contributed by atoms with Gasteiger partial charge in [0, 0.05) is 16.1 Å². The van der Waals surface area contributed by atoms with E-state index in [-0.39, 0.29) is 10.8 Å². The molecule has 120 valence electrons. The Morgan fingerprint density at radius 2 is 1.78 bits per heavy atom. The molecular formula is C16H14F2N2O2S. The number of nitrogens with two attached hydrogens (primary N) is 1. The van der Waals surface area contributed by atoms with E-state index in [1.165, 1.54) is 24.3 Å². The van der Waals surface area contributed by atoms with Crippen LogP contribution in [0.3, 0.4) is 0 Å². The van der Waals surface area contributed by atoms with Crippen molar-refractivity contribution in [3.05, 3.63) is 59.7 Å². The van der Waals surface area contributed by atoms with E-state index in [1.807, 2.05) is 0 Å². The minimum absolute atomic E-state index is 0.0664. The highest BCUT2D eigenvalue weighted by molar-refractivity contribution is 8.00. The van der Waals surface area contributed by atoms with Crippen LogP contribution in [0.1, 0.15) is 17.3 Å². The lowest BCUT2D eigenvalue weighted by Crippen LogP contribution is -2.22. The van der Waals surface area contributed by atoms with E-state index in [2.05, 4.69) is 5.32 Å². The summed E-state index contributed by atoms with van der Waals surface area (Å²) in [6, 6.07) is 9.14. The van der Waals surface area contributed by atoms with Gasteiger partial charge >= 0.3 is 0 Å². The number of hydrogen-bond acceptors (Lipinski definition) is 3. The molecule has 2 aromatic rings. The highest BCUT2D eigenvalue weighted by Crippen LogP contribution is 2.27. The Morgan fingerprint density at radius 1 is 1.13 bits per heavy atom. The molecular weight excluding hydrogens is 322 g/mol. The van der Waals surface area contributed by atoms with Gasteiger partial charge in [0.2, 0.25) is 11.8 Å². The molecule has 0 fully saturated rings. The zero-order valence-corrected chi connectivity index (χ0v) is 13.0. The third kappa shape index (κ3) is 4.53. The lowest BCUT2D eigenvalue weighted by atomic mass is 10.2. The van der Waals surface area contributed by atoms with E-state index in [4.69, 9.17) is 5.73 Å². The number of carbonyl (C=O) groups excluding carboxylic acids is 2. The second kappa shape index (κ2) is 7.23. The summed E-state index contributed by atoms with van der Waals surface area (Å²) in [6.45, 7) is 1.59. The van der Waals surface area contributed by atoms with Crippen LogP contribution in [0.2, 0.25) is 0 Å². The molecule has 1 atom stereocenters. The number of primary amides is 1. The summed E-state index contributed by atoms with van der Waals surface area (Å²) in [6.07, 6.45) is 0. The SMILES string of the molecule is C[C@H](Sc1cc(F)ccc1F)C(=O)Nc1ccc(C(N)=O)cc1. The van der Waals surface area contributed by atoms with Crippen molar-refractivity contribution in [2.45, 2.75) is 17.1 Å². The van der Waals surface area contributed by atoms with Crippen molar-refractivity contribution in [3.8, 4) is 0 Å². The minimum atomic E-state index is -0.637. The molecule has 0 spiro atoms. The smallest absolute Gasteiger partial charge is 0.248 e. The Labute approximate surface area is 136 Å². The lowest BCUT2D eigenvalue weighted by Gasteiger charge is -2.12. The first-order valence-electron chi connectivity index (χ1n) is 6.69. The molecule has 0 saturated heterocycles. The molecule has 2 rings (SSSR count). The molecule has 0 radical (unpaired) electrons. The average Bonchev–Trinajstić information content (AvgIpc) is 2.51. The molecule has 23 heavy (non-hydrogen) atoms.